The fourth-order valence-electron chi connectivity index (χ4n) is 1.78. The first-order valence-corrected chi connectivity index (χ1v) is 6.15. The number of nitrogens with one attached hydrogen (secondary N) is 1. The van der Waals surface area contributed by atoms with E-state index in [4.69, 9.17) is 4.42 Å². The van der Waals surface area contributed by atoms with Crippen LogP contribution in [0, 0.1) is 21.7 Å². The fraction of sp³-hybridized carbons (Fsp3) is 0.333. The van der Waals surface area contributed by atoms with Crippen molar-refractivity contribution >= 4 is 5.69 Å². The highest BCUT2D eigenvalue weighted by atomic mass is 19.1. The standard InChI is InChI=1S/C12H12F2N4O3/c1-3-15-6(2)11-16-17-12(21-11)9-7(13)4-5-8(10(9)14)18(19)20/h4-6,15H,3H2,1-2H3. The van der Waals surface area contributed by atoms with Gasteiger partial charge in [-0.25, -0.2) is 4.39 Å². The Bertz CT molecular complexity index is 675. The summed E-state index contributed by atoms with van der Waals surface area (Å²) in [4.78, 5) is 9.73. The summed E-state index contributed by atoms with van der Waals surface area (Å²) in [6.45, 7) is 4.24. The van der Waals surface area contributed by atoms with E-state index >= 15 is 0 Å². The Balaban J connectivity index is 2.47. The molecule has 2 aromatic rings. The summed E-state index contributed by atoms with van der Waals surface area (Å²) in [6.07, 6.45) is 0. The molecule has 0 spiro atoms. The number of hydrogen-bond acceptors (Lipinski definition) is 6. The third kappa shape index (κ3) is 2.87. The summed E-state index contributed by atoms with van der Waals surface area (Å²) < 4.78 is 32.9. The molecule has 1 heterocycles. The summed E-state index contributed by atoms with van der Waals surface area (Å²) in [5, 5.41) is 20.9. The van der Waals surface area contributed by atoms with E-state index in [-0.39, 0.29) is 11.9 Å². The van der Waals surface area contributed by atoms with Gasteiger partial charge in [0.15, 0.2) is 0 Å². The molecule has 21 heavy (non-hydrogen) atoms. The van der Waals surface area contributed by atoms with Crippen molar-refractivity contribution in [3.63, 3.8) is 0 Å². The van der Waals surface area contributed by atoms with E-state index in [9.17, 15) is 18.9 Å². The van der Waals surface area contributed by atoms with Crippen LogP contribution in [-0.2, 0) is 0 Å². The minimum absolute atomic E-state index is 0.136. The molecule has 0 aliphatic rings. The summed E-state index contributed by atoms with van der Waals surface area (Å²) in [6, 6.07) is 1.22. The van der Waals surface area contributed by atoms with Crippen molar-refractivity contribution in [2.45, 2.75) is 19.9 Å². The van der Waals surface area contributed by atoms with Crippen LogP contribution < -0.4 is 5.32 Å². The molecule has 112 valence electrons. The molecule has 0 aliphatic heterocycles. The zero-order valence-electron chi connectivity index (χ0n) is 11.3. The van der Waals surface area contributed by atoms with Gasteiger partial charge in [-0.15, -0.1) is 10.2 Å². The number of benzene rings is 1. The van der Waals surface area contributed by atoms with E-state index in [0.29, 0.717) is 6.54 Å². The number of nitrogens with zero attached hydrogens (tertiary/aromatic N) is 3. The van der Waals surface area contributed by atoms with Crippen LogP contribution in [0.15, 0.2) is 16.5 Å². The lowest BCUT2D eigenvalue weighted by Crippen LogP contribution is -2.17. The first kappa shape index (κ1) is 15.0. The van der Waals surface area contributed by atoms with E-state index in [1.807, 2.05) is 6.92 Å². The summed E-state index contributed by atoms with van der Waals surface area (Å²) in [5.41, 5.74) is -1.56. The van der Waals surface area contributed by atoms with Gasteiger partial charge in [0, 0.05) is 6.07 Å². The van der Waals surface area contributed by atoms with Crippen LogP contribution >= 0.6 is 0 Å². The summed E-state index contributed by atoms with van der Waals surface area (Å²) in [5.74, 6) is -2.65. The Labute approximate surface area is 118 Å². The van der Waals surface area contributed by atoms with Crippen LogP contribution in [0.4, 0.5) is 14.5 Å². The lowest BCUT2D eigenvalue weighted by molar-refractivity contribution is -0.387. The highest BCUT2D eigenvalue weighted by molar-refractivity contribution is 5.59. The molecule has 0 saturated carbocycles. The number of hydrogen-bond donors (Lipinski definition) is 1. The van der Waals surface area contributed by atoms with Crippen molar-refractivity contribution in [2.24, 2.45) is 0 Å². The summed E-state index contributed by atoms with van der Waals surface area (Å²) in [7, 11) is 0. The molecule has 0 fully saturated rings. The maximum Gasteiger partial charge on any atom is 0.305 e. The van der Waals surface area contributed by atoms with Gasteiger partial charge < -0.3 is 9.73 Å². The second-order valence-electron chi connectivity index (χ2n) is 4.24. The quantitative estimate of drug-likeness (QED) is 0.673. The zero-order valence-corrected chi connectivity index (χ0v) is 11.3. The second-order valence-corrected chi connectivity index (χ2v) is 4.24. The number of halogens is 2. The zero-order chi connectivity index (χ0) is 15.6. The van der Waals surface area contributed by atoms with Gasteiger partial charge in [0.05, 0.1) is 11.0 Å². The Kier molecular flexibility index (Phi) is 4.22. The molecule has 1 aromatic carbocycles. The molecular weight excluding hydrogens is 286 g/mol. The molecule has 1 atom stereocenters. The van der Waals surface area contributed by atoms with Gasteiger partial charge in [0.25, 0.3) is 5.89 Å². The molecule has 7 nitrogen and oxygen atoms in total. The van der Waals surface area contributed by atoms with Crippen molar-refractivity contribution in [3.05, 3.63) is 39.8 Å². The smallest absolute Gasteiger partial charge is 0.305 e. The Hall–Kier alpha value is -2.42. The van der Waals surface area contributed by atoms with Crippen molar-refractivity contribution < 1.29 is 18.1 Å². The second kappa shape index (κ2) is 5.92. The third-order valence-electron chi connectivity index (χ3n) is 2.80. The Morgan fingerprint density at radius 3 is 2.76 bits per heavy atom. The van der Waals surface area contributed by atoms with Gasteiger partial charge in [-0.3, -0.25) is 10.1 Å². The van der Waals surface area contributed by atoms with Crippen LogP contribution in [0.3, 0.4) is 0 Å². The molecule has 9 heteroatoms. The SMILES string of the molecule is CCNC(C)c1nnc(-c2c(F)ccc([N+](=O)[O-])c2F)o1. The van der Waals surface area contributed by atoms with Crippen LogP contribution in [-0.4, -0.2) is 21.7 Å². The molecule has 0 saturated heterocycles. The predicted octanol–water partition coefficient (Wildman–Crippen LogP) is 2.59. The van der Waals surface area contributed by atoms with Crippen molar-refractivity contribution in [1.82, 2.24) is 15.5 Å². The van der Waals surface area contributed by atoms with E-state index in [1.165, 1.54) is 0 Å². The average Bonchev–Trinajstić information content (AvgIpc) is 2.88. The number of aromatic nitrogens is 2. The Morgan fingerprint density at radius 2 is 2.14 bits per heavy atom. The van der Waals surface area contributed by atoms with Gasteiger partial charge in [0.1, 0.15) is 11.4 Å². The molecule has 0 bridgehead atoms. The van der Waals surface area contributed by atoms with E-state index in [2.05, 4.69) is 15.5 Å². The molecule has 1 aromatic heterocycles. The number of rotatable bonds is 5. The fourth-order valence-corrected chi connectivity index (χ4v) is 1.78. The first-order chi connectivity index (χ1) is 9.95. The lowest BCUT2D eigenvalue weighted by atomic mass is 10.1. The minimum Gasteiger partial charge on any atom is -0.419 e. The third-order valence-corrected chi connectivity index (χ3v) is 2.80. The lowest BCUT2D eigenvalue weighted by Gasteiger charge is -2.06. The normalized spacial score (nSPS) is 12.4. The number of nitro groups is 1. The molecule has 2 rings (SSSR count). The monoisotopic (exact) mass is 298 g/mol. The molecular formula is C12H12F2N4O3. The minimum atomic E-state index is -1.34. The van der Waals surface area contributed by atoms with Gasteiger partial charge in [-0.2, -0.15) is 4.39 Å². The van der Waals surface area contributed by atoms with Crippen LogP contribution in [0.25, 0.3) is 11.5 Å². The van der Waals surface area contributed by atoms with E-state index in [1.54, 1.807) is 6.92 Å². The largest absolute Gasteiger partial charge is 0.419 e. The van der Waals surface area contributed by atoms with E-state index in [0.717, 1.165) is 12.1 Å². The van der Waals surface area contributed by atoms with Gasteiger partial charge in [-0.1, -0.05) is 6.92 Å². The van der Waals surface area contributed by atoms with Crippen molar-refractivity contribution in [2.75, 3.05) is 6.54 Å². The van der Waals surface area contributed by atoms with Gasteiger partial charge in [-0.05, 0) is 19.5 Å². The van der Waals surface area contributed by atoms with E-state index < -0.39 is 33.7 Å². The van der Waals surface area contributed by atoms with Gasteiger partial charge >= 0.3 is 5.69 Å². The molecule has 0 amide bonds. The average molecular weight is 298 g/mol. The van der Waals surface area contributed by atoms with Crippen molar-refractivity contribution in [3.8, 4) is 11.5 Å². The molecule has 1 N–H and O–H groups in total. The summed E-state index contributed by atoms with van der Waals surface area (Å²) >= 11 is 0. The molecule has 0 radical (unpaired) electrons. The maximum absolute atomic E-state index is 14.0. The first-order valence-electron chi connectivity index (χ1n) is 6.15. The number of nitro benzene ring substituents is 1. The topological polar surface area (TPSA) is 94.1 Å². The van der Waals surface area contributed by atoms with Crippen LogP contribution in [0.5, 0.6) is 0 Å². The highest BCUT2D eigenvalue weighted by Gasteiger charge is 2.26. The molecule has 0 aliphatic carbocycles. The molecule has 1 unspecified atom stereocenters. The highest BCUT2D eigenvalue weighted by Crippen LogP contribution is 2.31. The maximum atomic E-state index is 14.0. The predicted molar refractivity (Wildman–Crippen MR) is 68.4 cm³/mol. The Morgan fingerprint density at radius 1 is 1.43 bits per heavy atom. The van der Waals surface area contributed by atoms with Crippen LogP contribution in [0.2, 0.25) is 0 Å². The van der Waals surface area contributed by atoms with Crippen LogP contribution in [0.1, 0.15) is 25.8 Å². The van der Waals surface area contributed by atoms with Gasteiger partial charge in [0.2, 0.25) is 11.7 Å². The van der Waals surface area contributed by atoms with Crippen molar-refractivity contribution in [1.29, 1.82) is 0 Å².